The van der Waals surface area contributed by atoms with E-state index in [2.05, 4.69) is 4.90 Å². The fourth-order valence-corrected chi connectivity index (χ4v) is 6.87. The molecule has 2 bridgehead atoms. The molecule has 1 aromatic rings. The maximum atomic E-state index is 13.0. The minimum absolute atomic E-state index is 0.0490. The number of nitrogens with two attached hydrogens (primary N) is 1. The van der Waals surface area contributed by atoms with Crippen LogP contribution < -0.4 is 10.5 Å². The summed E-state index contributed by atoms with van der Waals surface area (Å²) in [7, 11) is 1.57. The van der Waals surface area contributed by atoms with E-state index in [0.717, 1.165) is 30.6 Å². The number of aliphatic hydroxyl groups is 1. The van der Waals surface area contributed by atoms with E-state index in [1.165, 1.54) is 12.8 Å². The van der Waals surface area contributed by atoms with Crippen molar-refractivity contribution in [1.82, 2.24) is 9.80 Å². The lowest BCUT2D eigenvalue weighted by Gasteiger charge is -2.61. The lowest BCUT2D eigenvalue weighted by atomic mass is 9.52. The molecular formula is C27H39N3O5. The van der Waals surface area contributed by atoms with E-state index < -0.39 is 22.5 Å². The number of piperidine rings is 1. The van der Waals surface area contributed by atoms with Gasteiger partial charge in [0.2, 0.25) is 0 Å². The monoisotopic (exact) mass is 485 g/mol. The summed E-state index contributed by atoms with van der Waals surface area (Å²) in [6.45, 7) is 8.37. The first-order valence-corrected chi connectivity index (χ1v) is 12.9. The van der Waals surface area contributed by atoms with Gasteiger partial charge in [-0.2, -0.15) is 0 Å². The zero-order valence-electron chi connectivity index (χ0n) is 21.4. The van der Waals surface area contributed by atoms with Gasteiger partial charge in [-0.1, -0.05) is 6.07 Å². The number of primary amides is 1. The van der Waals surface area contributed by atoms with Crippen molar-refractivity contribution in [3.63, 3.8) is 0 Å². The number of hydrogen-bond acceptors (Lipinski definition) is 6. The van der Waals surface area contributed by atoms with Crippen molar-refractivity contribution in [2.75, 3.05) is 33.3 Å². The van der Waals surface area contributed by atoms with Crippen LogP contribution in [-0.2, 0) is 16.6 Å². The molecule has 2 aliphatic heterocycles. The van der Waals surface area contributed by atoms with E-state index in [-0.39, 0.29) is 12.1 Å². The molecule has 3 atom stereocenters. The standard InChI is InChI=1S/C27H39N3O5/c1-25(2,3)35-24(32)29-12-9-26-10-13-30(16-17-5-6-17)20(27(26,33)11-14-29)15-18-7-8-19(23(28)31)22(34-4)21(18)26/h7-8,17,20,33H,5-6,9-16H2,1-4H3,(H2,28,31)/t20-,26+,27-/m1/s1. The first kappa shape index (κ1) is 24.4. The highest BCUT2D eigenvalue weighted by Crippen LogP contribution is 2.59. The molecule has 0 aromatic heterocycles. The van der Waals surface area contributed by atoms with Crippen molar-refractivity contribution >= 4 is 12.0 Å². The third kappa shape index (κ3) is 3.99. The molecule has 5 rings (SSSR count). The maximum absolute atomic E-state index is 13.0. The summed E-state index contributed by atoms with van der Waals surface area (Å²) >= 11 is 0. The number of ether oxygens (including phenoxy) is 2. The van der Waals surface area contributed by atoms with Gasteiger partial charge in [0.05, 0.1) is 18.3 Å². The van der Waals surface area contributed by atoms with Gasteiger partial charge in [0, 0.05) is 36.7 Å². The van der Waals surface area contributed by atoms with Gasteiger partial charge in [-0.15, -0.1) is 0 Å². The fourth-order valence-electron chi connectivity index (χ4n) is 6.87. The highest BCUT2D eigenvalue weighted by Gasteiger charge is 2.64. The molecule has 2 aliphatic carbocycles. The molecule has 0 radical (unpaired) electrons. The van der Waals surface area contributed by atoms with Crippen molar-refractivity contribution in [3.05, 3.63) is 28.8 Å². The van der Waals surface area contributed by atoms with Crippen molar-refractivity contribution in [2.45, 2.75) is 82.0 Å². The SMILES string of the molecule is COc1c(C(N)=O)ccc2c1[C@@]13CCN(C(=O)OC(C)(C)C)CC[C@@]1(O)[C@@H](C2)N(CC1CC1)CC3. The van der Waals surface area contributed by atoms with Crippen LogP contribution in [0.25, 0.3) is 0 Å². The largest absolute Gasteiger partial charge is 0.496 e. The van der Waals surface area contributed by atoms with E-state index >= 15 is 0 Å². The molecule has 4 aliphatic rings. The summed E-state index contributed by atoms with van der Waals surface area (Å²) in [6.07, 6.45) is 4.60. The Morgan fingerprint density at radius 1 is 1.14 bits per heavy atom. The van der Waals surface area contributed by atoms with Gasteiger partial charge in [-0.05, 0) is 83.4 Å². The molecule has 8 nitrogen and oxygen atoms in total. The predicted molar refractivity (Wildman–Crippen MR) is 132 cm³/mol. The van der Waals surface area contributed by atoms with Crippen LogP contribution in [0.5, 0.6) is 5.75 Å². The summed E-state index contributed by atoms with van der Waals surface area (Å²) < 4.78 is 11.5. The number of nitrogens with zero attached hydrogens (tertiary/aromatic N) is 2. The normalized spacial score (nSPS) is 30.7. The summed E-state index contributed by atoms with van der Waals surface area (Å²) in [4.78, 5) is 29.5. The molecule has 0 unspecified atom stereocenters. The minimum atomic E-state index is -1.06. The van der Waals surface area contributed by atoms with Crippen molar-refractivity contribution < 1.29 is 24.2 Å². The van der Waals surface area contributed by atoms with E-state index in [9.17, 15) is 14.7 Å². The molecule has 3 fully saturated rings. The number of hydrogen-bond donors (Lipinski definition) is 2. The van der Waals surface area contributed by atoms with Gasteiger partial charge in [0.1, 0.15) is 11.4 Å². The third-order valence-electron chi connectivity index (χ3n) is 8.66. The lowest BCUT2D eigenvalue weighted by Crippen LogP contribution is -2.71. The Kier molecular flexibility index (Phi) is 5.83. The van der Waals surface area contributed by atoms with E-state index in [0.29, 0.717) is 49.6 Å². The van der Waals surface area contributed by atoms with Crippen LogP contribution in [0.1, 0.15) is 74.4 Å². The second-order valence-corrected chi connectivity index (χ2v) is 11.9. The molecule has 8 heteroatoms. The molecule has 192 valence electrons. The van der Waals surface area contributed by atoms with Gasteiger partial charge in [-0.3, -0.25) is 9.69 Å². The van der Waals surface area contributed by atoms with Crippen LogP contribution in [0.4, 0.5) is 4.79 Å². The van der Waals surface area contributed by atoms with Crippen LogP contribution in [0.2, 0.25) is 0 Å². The predicted octanol–water partition coefficient (Wildman–Crippen LogP) is 2.83. The van der Waals surface area contributed by atoms with Crippen molar-refractivity contribution in [2.24, 2.45) is 11.7 Å². The third-order valence-corrected chi connectivity index (χ3v) is 8.66. The number of carbonyl (C=O) groups excluding carboxylic acids is 2. The number of carbonyl (C=O) groups is 2. The van der Waals surface area contributed by atoms with E-state index in [1.54, 1.807) is 18.1 Å². The number of fused-ring (bicyclic) bond motifs is 1. The van der Waals surface area contributed by atoms with Crippen LogP contribution in [0.15, 0.2) is 12.1 Å². The smallest absolute Gasteiger partial charge is 0.410 e. The number of amides is 2. The van der Waals surface area contributed by atoms with E-state index in [4.69, 9.17) is 15.2 Å². The summed E-state index contributed by atoms with van der Waals surface area (Å²) in [6, 6.07) is 3.70. The number of rotatable bonds is 4. The molecule has 35 heavy (non-hydrogen) atoms. The second kappa shape index (κ2) is 8.37. The van der Waals surface area contributed by atoms with Gasteiger partial charge in [-0.25, -0.2) is 4.79 Å². The zero-order chi connectivity index (χ0) is 25.2. The summed E-state index contributed by atoms with van der Waals surface area (Å²) in [5, 5.41) is 12.7. The maximum Gasteiger partial charge on any atom is 0.410 e. The zero-order valence-corrected chi connectivity index (χ0v) is 21.4. The highest BCUT2D eigenvalue weighted by atomic mass is 16.6. The topological polar surface area (TPSA) is 105 Å². The quantitative estimate of drug-likeness (QED) is 0.680. The Balaban J connectivity index is 1.61. The molecule has 2 heterocycles. The summed E-state index contributed by atoms with van der Waals surface area (Å²) in [5.74, 6) is 0.651. The fraction of sp³-hybridized carbons (Fsp3) is 0.704. The molecule has 2 saturated heterocycles. The van der Waals surface area contributed by atoms with Gasteiger partial charge < -0.3 is 25.2 Å². The van der Waals surface area contributed by atoms with Crippen LogP contribution in [0, 0.1) is 5.92 Å². The number of benzene rings is 1. The Labute approximate surface area is 207 Å². The summed E-state index contributed by atoms with van der Waals surface area (Å²) in [5.41, 5.74) is 5.79. The molecular weight excluding hydrogens is 446 g/mol. The Morgan fingerprint density at radius 3 is 2.46 bits per heavy atom. The van der Waals surface area contributed by atoms with Gasteiger partial charge in [0.15, 0.2) is 0 Å². The van der Waals surface area contributed by atoms with Crippen LogP contribution in [-0.4, -0.2) is 77.4 Å². The minimum Gasteiger partial charge on any atom is -0.496 e. The number of methoxy groups -OCH3 is 1. The van der Waals surface area contributed by atoms with E-state index in [1.807, 2.05) is 26.8 Å². The first-order chi connectivity index (χ1) is 16.5. The Bertz CT molecular complexity index is 1030. The number of likely N-dealkylation sites (tertiary alicyclic amines) is 2. The van der Waals surface area contributed by atoms with Crippen LogP contribution >= 0.6 is 0 Å². The second-order valence-electron chi connectivity index (χ2n) is 11.9. The first-order valence-electron chi connectivity index (χ1n) is 12.9. The molecule has 3 N–H and O–H groups in total. The van der Waals surface area contributed by atoms with Crippen LogP contribution in [0.3, 0.4) is 0 Å². The molecule has 0 spiro atoms. The van der Waals surface area contributed by atoms with Crippen molar-refractivity contribution in [3.8, 4) is 5.75 Å². The van der Waals surface area contributed by atoms with Gasteiger partial charge >= 0.3 is 6.09 Å². The lowest BCUT2D eigenvalue weighted by molar-refractivity contribution is -0.149. The highest BCUT2D eigenvalue weighted by molar-refractivity contribution is 5.96. The van der Waals surface area contributed by atoms with Crippen molar-refractivity contribution in [1.29, 1.82) is 0 Å². The average molecular weight is 486 g/mol. The molecule has 1 saturated carbocycles. The Hall–Kier alpha value is -2.32. The molecule has 1 aromatic carbocycles. The Morgan fingerprint density at radius 2 is 1.83 bits per heavy atom. The van der Waals surface area contributed by atoms with Gasteiger partial charge in [0.25, 0.3) is 5.91 Å². The average Bonchev–Trinajstić information content (AvgIpc) is 3.60. The molecule has 2 amide bonds.